The molecule has 1 aromatic heterocycles. The van der Waals surface area contributed by atoms with Crippen molar-refractivity contribution in [3.8, 4) is 0 Å². The molecule has 0 unspecified atom stereocenters. The molecular weight excluding hydrogens is 220 g/mol. The molecule has 5 heteroatoms. The Kier molecular flexibility index (Phi) is 2.59. The fraction of sp³-hybridized carbons (Fsp3) is 0.167. The average Bonchev–Trinajstić information content (AvgIpc) is 2.29. The molecule has 0 atom stereocenters. The van der Waals surface area contributed by atoms with E-state index in [1.165, 1.54) is 6.20 Å². The number of pyridine rings is 1. The standard InChI is InChI=1S/C12H12N2O3/c1-13(2)14-7-9(12(16)17)11(15)8-5-3-4-6-10(8)14/h3-7H,1-2H3,(H,16,17). The van der Waals surface area contributed by atoms with Crippen LogP contribution in [0.1, 0.15) is 10.4 Å². The van der Waals surface area contributed by atoms with Crippen LogP contribution >= 0.6 is 0 Å². The van der Waals surface area contributed by atoms with E-state index < -0.39 is 11.4 Å². The molecule has 0 radical (unpaired) electrons. The number of carboxylic acid groups (broad SMARTS) is 1. The lowest BCUT2D eigenvalue weighted by Gasteiger charge is -2.20. The number of hydrogen-bond acceptors (Lipinski definition) is 3. The summed E-state index contributed by atoms with van der Waals surface area (Å²) in [5.41, 5.74) is 0.0103. The topological polar surface area (TPSA) is 62.5 Å². The van der Waals surface area contributed by atoms with Gasteiger partial charge in [-0.05, 0) is 12.1 Å². The molecule has 0 aliphatic heterocycles. The SMILES string of the molecule is CN(C)n1cc(C(=O)O)c(=O)c2ccccc21. The first-order valence-electron chi connectivity index (χ1n) is 5.07. The van der Waals surface area contributed by atoms with E-state index in [0.29, 0.717) is 10.9 Å². The maximum absolute atomic E-state index is 11.9. The number of nitrogens with zero attached hydrogens (tertiary/aromatic N) is 2. The monoisotopic (exact) mass is 232 g/mol. The van der Waals surface area contributed by atoms with Crippen molar-refractivity contribution in [2.75, 3.05) is 19.1 Å². The molecule has 88 valence electrons. The molecule has 2 aromatic rings. The van der Waals surface area contributed by atoms with E-state index in [9.17, 15) is 9.59 Å². The summed E-state index contributed by atoms with van der Waals surface area (Å²) in [7, 11) is 3.56. The molecule has 17 heavy (non-hydrogen) atoms. The van der Waals surface area contributed by atoms with Gasteiger partial charge in [-0.15, -0.1) is 0 Å². The van der Waals surface area contributed by atoms with Crippen LogP contribution in [0.2, 0.25) is 0 Å². The summed E-state index contributed by atoms with van der Waals surface area (Å²) < 4.78 is 1.64. The molecule has 2 rings (SSSR count). The van der Waals surface area contributed by atoms with Gasteiger partial charge in [-0.2, -0.15) is 0 Å². The molecule has 1 N–H and O–H groups in total. The zero-order valence-corrected chi connectivity index (χ0v) is 9.54. The third-order valence-electron chi connectivity index (χ3n) is 2.55. The minimum Gasteiger partial charge on any atom is -0.477 e. The summed E-state index contributed by atoms with van der Waals surface area (Å²) >= 11 is 0. The van der Waals surface area contributed by atoms with Crippen LogP contribution in [0.5, 0.6) is 0 Å². The minimum absolute atomic E-state index is 0.225. The molecule has 0 bridgehead atoms. The maximum atomic E-state index is 11.9. The Morgan fingerprint density at radius 1 is 1.29 bits per heavy atom. The first-order chi connectivity index (χ1) is 8.02. The predicted molar refractivity (Wildman–Crippen MR) is 65.2 cm³/mol. The van der Waals surface area contributed by atoms with Crippen molar-refractivity contribution in [3.63, 3.8) is 0 Å². The average molecular weight is 232 g/mol. The van der Waals surface area contributed by atoms with Gasteiger partial charge in [0.25, 0.3) is 0 Å². The zero-order valence-electron chi connectivity index (χ0n) is 9.54. The molecule has 0 amide bonds. The Hall–Kier alpha value is -2.30. The summed E-state index contributed by atoms with van der Waals surface area (Å²) in [6.07, 6.45) is 1.34. The summed E-state index contributed by atoms with van der Waals surface area (Å²) in [4.78, 5) is 22.9. The molecule has 1 aromatic carbocycles. The number of benzene rings is 1. The van der Waals surface area contributed by atoms with Crippen LogP contribution in [0.3, 0.4) is 0 Å². The Balaban J connectivity index is 2.95. The summed E-state index contributed by atoms with van der Waals surface area (Å²) in [5.74, 6) is -1.21. The highest BCUT2D eigenvalue weighted by atomic mass is 16.4. The third kappa shape index (κ3) is 1.75. The van der Waals surface area contributed by atoms with E-state index in [1.54, 1.807) is 42.0 Å². The Labute approximate surface area is 97.5 Å². The van der Waals surface area contributed by atoms with E-state index in [-0.39, 0.29) is 5.56 Å². The van der Waals surface area contributed by atoms with E-state index in [1.807, 2.05) is 6.07 Å². The first-order valence-corrected chi connectivity index (χ1v) is 5.07. The molecule has 0 aliphatic rings. The molecule has 0 saturated heterocycles. The maximum Gasteiger partial charge on any atom is 0.341 e. The zero-order chi connectivity index (χ0) is 12.6. The van der Waals surface area contributed by atoms with Crippen molar-refractivity contribution in [1.29, 1.82) is 0 Å². The van der Waals surface area contributed by atoms with Crippen LogP contribution in [-0.4, -0.2) is 29.8 Å². The minimum atomic E-state index is -1.21. The number of carboxylic acids is 1. The van der Waals surface area contributed by atoms with Crippen molar-refractivity contribution in [3.05, 3.63) is 46.2 Å². The van der Waals surface area contributed by atoms with Gasteiger partial charge in [0.2, 0.25) is 5.43 Å². The van der Waals surface area contributed by atoms with Gasteiger partial charge in [-0.25, -0.2) is 4.79 Å². The van der Waals surface area contributed by atoms with Crippen molar-refractivity contribution >= 4 is 16.9 Å². The van der Waals surface area contributed by atoms with Crippen LogP contribution in [0.4, 0.5) is 0 Å². The lowest BCUT2D eigenvalue weighted by molar-refractivity contribution is 0.0695. The molecule has 0 fully saturated rings. The lowest BCUT2D eigenvalue weighted by atomic mass is 10.1. The Morgan fingerprint density at radius 2 is 1.94 bits per heavy atom. The summed E-state index contributed by atoms with van der Waals surface area (Å²) in [5, 5.41) is 11.1. The highest BCUT2D eigenvalue weighted by Crippen LogP contribution is 2.11. The molecule has 0 spiro atoms. The van der Waals surface area contributed by atoms with E-state index in [2.05, 4.69) is 0 Å². The number of fused-ring (bicyclic) bond motifs is 1. The fourth-order valence-corrected chi connectivity index (χ4v) is 1.74. The summed E-state index contributed by atoms with van der Waals surface area (Å²) in [6.45, 7) is 0. The van der Waals surface area contributed by atoms with Gasteiger partial charge >= 0.3 is 5.97 Å². The smallest absolute Gasteiger partial charge is 0.341 e. The number of rotatable bonds is 2. The molecular formula is C12H12N2O3. The number of aromatic nitrogens is 1. The van der Waals surface area contributed by atoms with Gasteiger partial charge in [0.1, 0.15) is 5.56 Å². The second-order valence-electron chi connectivity index (χ2n) is 3.89. The largest absolute Gasteiger partial charge is 0.477 e. The second kappa shape index (κ2) is 3.93. The van der Waals surface area contributed by atoms with E-state index >= 15 is 0 Å². The van der Waals surface area contributed by atoms with Gasteiger partial charge < -0.3 is 10.1 Å². The number of aromatic carboxylic acids is 1. The Bertz CT molecular complexity index is 644. The molecule has 1 heterocycles. The molecule has 5 nitrogen and oxygen atoms in total. The van der Waals surface area contributed by atoms with E-state index in [0.717, 1.165) is 0 Å². The van der Waals surface area contributed by atoms with Gasteiger partial charge in [0.15, 0.2) is 0 Å². The van der Waals surface area contributed by atoms with Gasteiger partial charge in [0.05, 0.1) is 5.52 Å². The fourth-order valence-electron chi connectivity index (χ4n) is 1.74. The van der Waals surface area contributed by atoms with Crippen molar-refractivity contribution in [2.45, 2.75) is 0 Å². The van der Waals surface area contributed by atoms with Crippen molar-refractivity contribution in [2.24, 2.45) is 0 Å². The highest BCUT2D eigenvalue weighted by Gasteiger charge is 2.14. The van der Waals surface area contributed by atoms with Crippen LogP contribution < -0.4 is 10.4 Å². The lowest BCUT2D eigenvalue weighted by Crippen LogP contribution is -2.29. The van der Waals surface area contributed by atoms with Crippen molar-refractivity contribution in [1.82, 2.24) is 4.68 Å². The predicted octanol–water partition coefficient (Wildman–Crippen LogP) is 0.897. The number of para-hydroxylation sites is 1. The normalized spacial score (nSPS) is 10.5. The van der Waals surface area contributed by atoms with Crippen LogP contribution in [0.15, 0.2) is 35.3 Å². The van der Waals surface area contributed by atoms with Crippen LogP contribution in [-0.2, 0) is 0 Å². The first kappa shape index (κ1) is 11.2. The second-order valence-corrected chi connectivity index (χ2v) is 3.89. The van der Waals surface area contributed by atoms with Gasteiger partial charge in [-0.3, -0.25) is 9.47 Å². The van der Waals surface area contributed by atoms with E-state index in [4.69, 9.17) is 5.11 Å². The summed E-state index contributed by atoms with van der Waals surface area (Å²) in [6, 6.07) is 6.93. The quantitative estimate of drug-likeness (QED) is 0.835. The van der Waals surface area contributed by atoms with Crippen molar-refractivity contribution < 1.29 is 9.90 Å². The van der Waals surface area contributed by atoms with Crippen LogP contribution in [0.25, 0.3) is 10.9 Å². The van der Waals surface area contributed by atoms with Crippen LogP contribution in [0, 0.1) is 0 Å². The number of carbonyl (C=O) groups is 1. The number of hydrogen-bond donors (Lipinski definition) is 1. The molecule has 0 aliphatic carbocycles. The Morgan fingerprint density at radius 3 is 2.53 bits per heavy atom. The van der Waals surface area contributed by atoms with Gasteiger partial charge in [-0.1, -0.05) is 12.1 Å². The van der Waals surface area contributed by atoms with Gasteiger partial charge in [0, 0.05) is 25.7 Å². The third-order valence-corrected chi connectivity index (χ3v) is 2.55. The highest BCUT2D eigenvalue weighted by molar-refractivity contribution is 5.92. The molecule has 0 saturated carbocycles.